The summed E-state index contributed by atoms with van der Waals surface area (Å²) in [6.45, 7) is 4.27. The first-order valence-corrected chi connectivity index (χ1v) is 7.46. The molecule has 1 heterocycles. The number of hydrogen-bond donors (Lipinski definition) is 1. The second-order valence-corrected chi connectivity index (χ2v) is 6.24. The van der Waals surface area contributed by atoms with E-state index >= 15 is 0 Å². The maximum absolute atomic E-state index is 13.4. The predicted octanol–water partition coefficient (Wildman–Crippen LogP) is 3.47. The summed E-state index contributed by atoms with van der Waals surface area (Å²) in [6, 6.07) is 5.47. The first kappa shape index (κ1) is 12.8. The zero-order chi connectivity index (χ0) is 13.5. The van der Waals surface area contributed by atoms with Crippen LogP contribution in [-0.4, -0.2) is 11.0 Å². The molecule has 19 heavy (non-hydrogen) atoms. The lowest BCUT2D eigenvalue weighted by molar-refractivity contribution is 0.361. The van der Waals surface area contributed by atoms with E-state index in [1.807, 2.05) is 17.6 Å². The van der Waals surface area contributed by atoms with Crippen LogP contribution in [-0.2, 0) is 12.0 Å². The van der Waals surface area contributed by atoms with Crippen molar-refractivity contribution in [2.24, 2.45) is 0 Å². The van der Waals surface area contributed by atoms with Crippen molar-refractivity contribution in [3.8, 4) is 0 Å². The van der Waals surface area contributed by atoms with Crippen LogP contribution in [0, 0.1) is 5.82 Å². The van der Waals surface area contributed by atoms with Crippen LogP contribution in [0.5, 0.6) is 0 Å². The second-order valence-electron chi connectivity index (χ2n) is 5.34. The fourth-order valence-corrected chi connectivity index (χ4v) is 3.85. The van der Waals surface area contributed by atoms with E-state index in [-0.39, 0.29) is 11.4 Å². The standard InChI is InChI=1S/C15H17FN2S/c1-10(2)18-15(14-17-7-8-19-14)6-5-11-9-12(16)3-4-13(11)15/h3-4,7-10,18H,5-6H2,1-2H3. The van der Waals surface area contributed by atoms with E-state index in [9.17, 15) is 4.39 Å². The van der Waals surface area contributed by atoms with E-state index in [0.29, 0.717) is 6.04 Å². The van der Waals surface area contributed by atoms with E-state index in [4.69, 9.17) is 0 Å². The van der Waals surface area contributed by atoms with Gasteiger partial charge in [0.15, 0.2) is 0 Å². The molecule has 1 unspecified atom stereocenters. The monoisotopic (exact) mass is 276 g/mol. The van der Waals surface area contributed by atoms with Gasteiger partial charge in [-0.05, 0) is 49.9 Å². The van der Waals surface area contributed by atoms with Crippen molar-refractivity contribution in [1.29, 1.82) is 0 Å². The van der Waals surface area contributed by atoms with Crippen LogP contribution >= 0.6 is 11.3 Å². The van der Waals surface area contributed by atoms with Crippen molar-refractivity contribution >= 4 is 11.3 Å². The highest BCUT2D eigenvalue weighted by Gasteiger charge is 2.42. The maximum atomic E-state index is 13.4. The lowest BCUT2D eigenvalue weighted by Gasteiger charge is -2.32. The van der Waals surface area contributed by atoms with Crippen molar-refractivity contribution in [3.05, 3.63) is 51.7 Å². The molecule has 2 aromatic rings. The summed E-state index contributed by atoms with van der Waals surface area (Å²) in [7, 11) is 0. The Morgan fingerprint density at radius 3 is 2.95 bits per heavy atom. The first-order chi connectivity index (χ1) is 9.12. The van der Waals surface area contributed by atoms with Crippen molar-refractivity contribution in [3.63, 3.8) is 0 Å². The molecule has 0 amide bonds. The Morgan fingerprint density at radius 2 is 2.26 bits per heavy atom. The number of fused-ring (bicyclic) bond motifs is 1. The molecular formula is C15H17FN2S. The van der Waals surface area contributed by atoms with Crippen LogP contribution in [0.1, 0.15) is 36.4 Å². The minimum Gasteiger partial charge on any atom is -0.299 e. The number of nitrogens with zero attached hydrogens (tertiary/aromatic N) is 1. The van der Waals surface area contributed by atoms with Crippen molar-refractivity contribution < 1.29 is 4.39 Å². The van der Waals surface area contributed by atoms with Gasteiger partial charge >= 0.3 is 0 Å². The molecule has 0 fully saturated rings. The van der Waals surface area contributed by atoms with Crippen molar-refractivity contribution in [2.75, 3.05) is 0 Å². The van der Waals surface area contributed by atoms with E-state index in [0.717, 1.165) is 23.4 Å². The molecule has 0 saturated carbocycles. The normalized spacial score (nSPS) is 21.9. The van der Waals surface area contributed by atoms with Gasteiger partial charge in [0.1, 0.15) is 10.8 Å². The third-order valence-corrected chi connectivity index (χ3v) is 4.56. The molecule has 0 spiro atoms. The number of aromatic nitrogens is 1. The minimum atomic E-state index is -0.245. The number of halogens is 1. The molecule has 1 aromatic heterocycles. The third-order valence-electron chi connectivity index (χ3n) is 3.63. The van der Waals surface area contributed by atoms with E-state index in [2.05, 4.69) is 24.1 Å². The summed E-state index contributed by atoms with van der Waals surface area (Å²) in [4.78, 5) is 4.51. The molecule has 1 aliphatic carbocycles. The lowest BCUT2D eigenvalue weighted by atomic mass is 9.91. The van der Waals surface area contributed by atoms with Crippen LogP contribution in [0.25, 0.3) is 0 Å². The van der Waals surface area contributed by atoms with Gasteiger partial charge in [0.25, 0.3) is 0 Å². The molecule has 1 aliphatic rings. The van der Waals surface area contributed by atoms with Crippen LogP contribution < -0.4 is 5.32 Å². The lowest BCUT2D eigenvalue weighted by Crippen LogP contribution is -2.45. The summed E-state index contributed by atoms with van der Waals surface area (Å²) in [6.07, 6.45) is 3.68. The quantitative estimate of drug-likeness (QED) is 0.928. The van der Waals surface area contributed by atoms with Crippen LogP contribution in [0.3, 0.4) is 0 Å². The molecule has 1 N–H and O–H groups in total. The van der Waals surface area contributed by atoms with Gasteiger partial charge in [-0.2, -0.15) is 0 Å². The number of thiazole rings is 1. The van der Waals surface area contributed by atoms with Crippen LogP contribution in [0.15, 0.2) is 29.8 Å². The van der Waals surface area contributed by atoms with E-state index < -0.39 is 0 Å². The zero-order valence-electron chi connectivity index (χ0n) is 11.1. The molecular weight excluding hydrogens is 259 g/mol. The Bertz CT molecular complexity index is 580. The predicted molar refractivity (Wildman–Crippen MR) is 75.9 cm³/mol. The van der Waals surface area contributed by atoms with Crippen molar-refractivity contribution in [1.82, 2.24) is 10.3 Å². The Labute approximate surface area is 116 Å². The Morgan fingerprint density at radius 1 is 1.42 bits per heavy atom. The van der Waals surface area contributed by atoms with Crippen LogP contribution in [0.2, 0.25) is 0 Å². The topological polar surface area (TPSA) is 24.9 Å². The van der Waals surface area contributed by atoms with Gasteiger partial charge in [-0.3, -0.25) is 5.32 Å². The average Bonchev–Trinajstić information content (AvgIpc) is 2.97. The molecule has 0 saturated heterocycles. The number of aryl methyl sites for hydroxylation is 1. The molecule has 4 heteroatoms. The Kier molecular flexibility index (Phi) is 3.15. The molecule has 0 bridgehead atoms. The van der Waals surface area contributed by atoms with E-state index in [1.54, 1.807) is 23.5 Å². The second kappa shape index (κ2) is 4.69. The van der Waals surface area contributed by atoms with Gasteiger partial charge in [0, 0.05) is 17.6 Å². The fraction of sp³-hybridized carbons (Fsp3) is 0.400. The molecule has 100 valence electrons. The number of rotatable bonds is 3. The molecule has 1 atom stereocenters. The largest absolute Gasteiger partial charge is 0.299 e. The highest BCUT2D eigenvalue weighted by molar-refractivity contribution is 7.09. The third kappa shape index (κ3) is 2.09. The highest BCUT2D eigenvalue weighted by atomic mass is 32.1. The highest BCUT2D eigenvalue weighted by Crippen LogP contribution is 2.43. The van der Waals surface area contributed by atoms with E-state index in [1.165, 1.54) is 5.56 Å². The van der Waals surface area contributed by atoms with Gasteiger partial charge in [0.2, 0.25) is 0 Å². The van der Waals surface area contributed by atoms with Gasteiger partial charge in [0.05, 0.1) is 5.54 Å². The SMILES string of the molecule is CC(C)NC1(c2nccs2)CCc2cc(F)ccc21. The van der Waals surface area contributed by atoms with Crippen LogP contribution in [0.4, 0.5) is 4.39 Å². The molecule has 2 nitrogen and oxygen atoms in total. The summed E-state index contributed by atoms with van der Waals surface area (Å²) < 4.78 is 13.4. The Hall–Kier alpha value is -1.26. The van der Waals surface area contributed by atoms with Gasteiger partial charge in [-0.25, -0.2) is 9.37 Å². The molecule has 1 aromatic carbocycles. The van der Waals surface area contributed by atoms with Crippen molar-refractivity contribution in [2.45, 2.75) is 38.3 Å². The fourth-order valence-electron chi connectivity index (χ4n) is 3.00. The van der Waals surface area contributed by atoms with Gasteiger partial charge < -0.3 is 0 Å². The molecule has 0 radical (unpaired) electrons. The number of nitrogens with one attached hydrogen (secondary N) is 1. The summed E-state index contributed by atoms with van der Waals surface area (Å²) in [5.74, 6) is -0.154. The van der Waals surface area contributed by atoms with Gasteiger partial charge in [-0.1, -0.05) is 6.07 Å². The average molecular weight is 276 g/mol. The summed E-state index contributed by atoms with van der Waals surface area (Å²) in [5, 5.41) is 6.73. The maximum Gasteiger partial charge on any atom is 0.123 e. The molecule has 0 aliphatic heterocycles. The van der Waals surface area contributed by atoms with Gasteiger partial charge in [-0.15, -0.1) is 11.3 Å². The summed E-state index contributed by atoms with van der Waals surface area (Å²) >= 11 is 1.66. The zero-order valence-corrected chi connectivity index (χ0v) is 11.9. The minimum absolute atomic E-state index is 0.154. The Balaban J connectivity index is 2.14. The number of benzene rings is 1. The summed E-state index contributed by atoms with van der Waals surface area (Å²) in [5.41, 5.74) is 2.03. The molecule has 3 rings (SSSR count). The smallest absolute Gasteiger partial charge is 0.123 e. The first-order valence-electron chi connectivity index (χ1n) is 6.58. The number of hydrogen-bond acceptors (Lipinski definition) is 3.